The molecule has 3 aromatic rings. The first-order valence-corrected chi connectivity index (χ1v) is 7.57. The van der Waals surface area contributed by atoms with Crippen molar-refractivity contribution in [2.45, 2.75) is 13.1 Å². The van der Waals surface area contributed by atoms with Gasteiger partial charge in [-0.25, -0.2) is 4.98 Å². The summed E-state index contributed by atoms with van der Waals surface area (Å²) in [7, 11) is 0. The number of nitrogens with one attached hydrogen (secondary N) is 1. The highest BCUT2D eigenvalue weighted by Gasteiger charge is 2.34. The second kappa shape index (κ2) is 5.54. The summed E-state index contributed by atoms with van der Waals surface area (Å²) in [5, 5.41) is 2.18. The fraction of sp³-hybridized carbons (Fsp3) is 0.143. The molecule has 120 valence electrons. The van der Waals surface area contributed by atoms with E-state index in [4.69, 9.17) is 11.6 Å². The zero-order chi connectivity index (χ0) is 16.8. The predicted octanol–water partition coefficient (Wildman–Crippen LogP) is 4.63. The van der Waals surface area contributed by atoms with E-state index in [1.165, 1.54) is 23.6 Å². The normalized spacial score (nSPS) is 11.9. The van der Waals surface area contributed by atoms with Gasteiger partial charge in [-0.1, -0.05) is 11.6 Å². The third-order valence-electron chi connectivity index (χ3n) is 3.04. The summed E-state index contributed by atoms with van der Waals surface area (Å²) in [6.45, 7) is 1.89. The summed E-state index contributed by atoms with van der Waals surface area (Å²) in [5.74, 6) is -0.716. The maximum Gasteiger partial charge on any atom is 0.418 e. The average Bonchev–Trinajstić information content (AvgIpc) is 2.96. The molecule has 1 aromatic carbocycles. The van der Waals surface area contributed by atoms with Crippen LogP contribution in [0.5, 0.6) is 0 Å². The summed E-state index contributed by atoms with van der Waals surface area (Å²) in [4.78, 5) is 17.9. The van der Waals surface area contributed by atoms with E-state index in [9.17, 15) is 18.0 Å². The molecule has 2 heterocycles. The number of carbonyl (C=O) groups is 1. The summed E-state index contributed by atoms with van der Waals surface area (Å²) >= 11 is 6.98. The number of fused-ring (bicyclic) bond motifs is 1. The van der Waals surface area contributed by atoms with E-state index >= 15 is 0 Å². The van der Waals surface area contributed by atoms with Crippen molar-refractivity contribution in [2.75, 3.05) is 5.32 Å². The quantitative estimate of drug-likeness (QED) is 0.725. The molecule has 0 bridgehead atoms. The van der Waals surface area contributed by atoms with Crippen LogP contribution in [0.2, 0.25) is 5.02 Å². The Kier molecular flexibility index (Phi) is 3.81. The molecular formula is C14H9ClF3N3OS. The van der Waals surface area contributed by atoms with Crippen molar-refractivity contribution in [1.29, 1.82) is 0 Å². The number of aromatic nitrogens is 2. The van der Waals surface area contributed by atoms with Crippen LogP contribution in [0.1, 0.15) is 20.9 Å². The van der Waals surface area contributed by atoms with Gasteiger partial charge in [-0.3, -0.25) is 9.20 Å². The molecule has 0 aliphatic heterocycles. The van der Waals surface area contributed by atoms with Gasteiger partial charge in [0.2, 0.25) is 0 Å². The Hall–Kier alpha value is -2.06. The lowest BCUT2D eigenvalue weighted by molar-refractivity contribution is -0.136. The fourth-order valence-corrected chi connectivity index (χ4v) is 3.05. The van der Waals surface area contributed by atoms with Gasteiger partial charge in [-0.2, -0.15) is 13.2 Å². The molecule has 0 radical (unpaired) electrons. The first-order valence-electron chi connectivity index (χ1n) is 6.37. The monoisotopic (exact) mass is 359 g/mol. The SMILES string of the molecule is Cc1cn2cc(C(=O)Nc3ccc(Cl)cc3C(F)(F)F)nc2s1. The van der Waals surface area contributed by atoms with E-state index in [-0.39, 0.29) is 16.4 Å². The number of benzene rings is 1. The first-order chi connectivity index (χ1) is 10.7. The number of imidazole rings is 1. The molecule has 4 nitrogen and oxygen atoms in total. The number of alkyl halides is 3. The summed E-state index contributed by atoms with van der Waals surface area (Å²) in [6, 6.07) is 3.17. The molecule has 0 spiro atoms. The standard InChI is InChI=1S/C14H9ClF3N3OS/c1-7-5-21-6-11(20-13(21)23-7)12(22)19-10-3-2-8(15)4-9(10)14(16,17)18/h2-6H,1H3,(H,19,22). The van der Waals surface area contributed by atoms with Gasteiger partial charge in [0.15, 0.2) is 4.96 Å². The minimum Gasteiger partial charge on any atom is -0.320 e. The van der Waals surface area contributed by atoms with Gasteiger partial charge in [0.05, 0.1) is 11.3 Å². The molecule has 3 rings (SSSR count). The van der Waals surface area contributed by atoms with Gasteiger partial charge >= 0.3 is 6.18 Å². The molecule has 0 fully saturated rings. The number of carbonyl (C=O) groups excluding carboxylic acids is 1. The maximum absolute atomic E-state index is 13.0. The zero-order valence-electron chi connectivity index (χ0n) is 11.6. The van der Waals surface area contributed by atoms with Crippen LogP contribution in [0, 0.1) is 6.92 Å². The number of aryl methyl sites for hydroxylation is 1. The number of thiazole rings is 1. The lowest BCUT2D eigenvalue weighted by Crippen LogP contribution is -2.17. The second-order valence-corrected chi connectivity index (χ2v) is 6.45. The van der Waals surface area contributed by atoms with Gasteiger partial charge in [0, 0.05) is 22.3 Å². The minimum atomic E-state index is -4.63. The van der Waals surface area contributed by atoms with Crippen LogP contribution in [0.15, 0.2) is 30.6 Å². The van der Waals surface area contributed by atoms with Crippen molar-refractivity contribution < 1.29 is 18.0 Å². The number of nitrogens with zero attached hydrogens (tertiary/aromatic N) is 2. The highest BCUT2D eigenvalue weighted by molar-refractivity contribution is 7.17. The molecule has 0 saturated heterocycles. The number of halogens is 4. The van der Waals surface area contributed by atoms with Gasteiger partial charge in [0.1, 0.15) is 5.69 Å². The minimum absolute atomic E-state index is 0.0410. The summed E-state index contributed by atoms with van der Waals surface area (Å²) < 4.78 is 40.7. The van der Waals surface area contributed by atoms with Crippen molar-refractivity contribution >= 4 is 39.5 Å². The molecule has 2 aromatic heterocycles. The molecule has 0 aliphatic rings. The van der Waals surface area contributed by atoms with Crippen LogP contribution in [0.25, 0.3) is 4.96 Å². The van der Waals surface area contributed by atoms with Gasteiger partial charge in [0.25, 0.3) is 5.91 Å². The van der Waals surface area contributed by atoms with Crippen molar-refractivity contribution in [3.63, 3.8) is 0 Å². The topological polar surface area (TPSA) is 46.4 Å². The fourth-order valence-electron chi connectivity index (χ4n) is 2.07. The summed E-state index contributed by atoms with van der Waals surface area (Å²) in [5.41, 5.74) is -1.33. The van der Waals surface area contributed by atoms with Gasteiger partial charge < -0.3 is 5.32 Å². The Morgan fingerprint density at radius 3 is 2.74 bits per heavy atom. The van der Waals surface area contributed by atoms with Crippen molar-refractivity contribution in [1.82, 2.24) is 9.38 Å². The number of hydrogen-bond acceptors (Lipinski definition) is 3. The lowest BCUT2D eigenvalue weighted by atomic mass is 10.1. The third kappa shape index (κ3) is 3.18. The van der Waals surface area contributed by atoms with E-state index < -0.39 is 17.6 Å². The molecule has 0 aliphatic carbocycles. The van der Waals surface area contributed by atoms with Crippen molar-refractivity contribution in [2.24, 2.45) is 0 Å². The molecule has 1 N–H and O–H groups in total. The van der Waals surface area contributed by atoms with E-state index in [1.54, 1.807) is 10.6 Å². The molecule has 9 heteroatoms. The van der Waals surface area contributed by atoms with Crippen LogP contribution in [0.3, 0.4) is 0 Å². The Labute approximate surface area is 137 Å². The molecule has 0 saturated carbocycles. The Bertz CT molecular complexity index is 869. The van der Waals surface area contributed by atoms with Crippen LogP contribution in [-0.4, -0.2) is 15.3 Å². The smallest absolute Gasteiger partial charge is 0.320 e. The van der Waals surface area contributed by atoms with E-state index in [0.29, 0.717) is 4.96 Å². The van der Waals surface area contributed by atoms with Crippen molar-refractivity contribution in [3.05, 3.63) is 51.7 Å². The predicted molar refractivity (Wildman–Crippen MR) is 82.2 cm³/mol. The third-order valence-corrected chi connectivity index (χ3v) is 4.19. The molecule has 0 atom stereocenters. The molecule has 1 amide bonds. The Morgan fingerprint density at radius 2 is 2.09 bits per heavy atom. The van der Waals surface area contributed by atoms with E-state index in [0.717, 1.165) is 17.0 Å². The largest absolute Gasteiger partial charge is 0.418 e. The number of rotatable bonds is 2. The molecule has 23 heavy (non-hydrogen) atoms. The number of amides is 1. The van der Waals surface area contributed by atoms with E-state index in [1.807, 2.05) is 6.92 Å². The zero-order valence-corrected chi connectivity index (χ0v) is 13.2. The highest BCUT2D eigenvalue weighted by Crippen LogP contribution is 2.36. The van der Waals surface area contributed by atoms with Crippen LogP contribution >= 0.6 is 22.9 Å². The van der Waals surface area contributed by atoms with Crippen LogP contribution in [0.4, 0.5) is 18.9 Å². The molecular weight excluding hydrogens is 351 g/mol. The number of anilines is 1. The van der Waals surface area contributed by atoms with Gasteiger partial charge in [-0.15, -0.1) is 11.3 Å². The van der Waals surface area contributed by atoms with Crippen LogP contribution in [-0.2, 0) is 6.18 Å². The number of hydrogen-bond donors (Lipinski definition) is 1. The lowest BCUT2D eigenvalue weighted by Gasteiger charge is -2.13. The van der Waals surface area contributed by atoms with E-state index in [2.05, 4.69) is 10.3 Å². The average molecular weight is 360 g/mol. The Balaban J connectivity index is 1.92. The second-order valence-electron chi connectivity index (χ2n) is 4.80. The molecule has 0 unspecified atom stereocenters. The van der Waals surface area contributed by atoms with Crippen molar-refractivity contribution in [3.8, 4) is 0 Å². The van der Waals surface area contributed by atoms with Gasteiger partial charge in [-0.05, 0) is 25.1 Å². The summed E-state index contributed by atoms with van der Waals surface area (Å²) in [6.07, 6.45) is -1.37. The first kappa shape index (κ1) is 15.8. The highest BCUT2D eigenvalue weighted by atomic mass is 35.5. The maximum atomic E-state index is 13.0. The van der Waals surface area contributed by atoms with Crippen LogP contribution < -0.4 is 5.32 Å². The Morgan fingerprint density at radius 1 is 1.35 bits per heavy atom.